The fraction of sp³-hybridized carbons (Fsp3) is 0.615. The number of amides is 1. The van der Waals surface area contributed by atoms with E-state index < -0.39 is 0 Å². The minimum Gasteiger partial charge on any atom is -0.381 e. The van der Waals surface area contributed by atoms with Gasteiger partial charge in [-0.1, -0.05) is 13.8 Å². The highest BCUT2D eigenvalue weighted by Crippen LogP contribution is 2.42. The van der Waals surface area contributed by atoms with Crippen LogP contribution in [0.2, 0.25) is 0 Å². The van der Waals surface area contributed by atoms with E-state index in [9.17, 15) is 4.79 Å². The summed E-state index contributed by atoms with van der Waals surface area (Å²) in [5.74, 6) is -0.360. The van der Waals surface area contributed by atoms with Gasteiger partial charge >= 0.3 is 0 Å². The van der Waals surface area contributed by atoms with Crippen molar-refractivity contribution in [2.45, 2.75) is 39.0 Å². The molecule has 0 bridgehead atoms. The Morgan fingerprint density at radius 2 is 2.39 bits per heavy atom. The Kier molecular flexibility index (Phi) is 3.75. The molecule has 1 heterocycles. The summed E-state index contributed by atoms with van der Waals surface area (Å²) in [6.07, 6.45) is 1.37. The van der Waals surface area contributed by atoms with Crippen molar-refractivity contribution in [2.24, 2.45) is 11.1 Å². The smallest absolute Gasteiger partial charge is 0.249 e. The number of primary amides is 1. The number of methoxy groups -OCH3 is 1. The van der Waals surface area contributed by atoms with E-state index in [0.29, 0.717) is 17.7 Å². The number of nitrogens with two attached hydrogens (primary N) is 1. The number of ether oxygens (including phenoxy) is 1. The first-order valence-corrected chi connectivity index (χ1v) is 6.96. The van der Waals surface area contributed by atoms with Crippen molar-refractivity contribution in [1.82, 2.24) is 5.32 Å². The predicted octanol–water partition coefficient (Wildman–Crippen LogP) is 1.75. The summed E-state index contributed by atoms with van der Waals surface area (Å²) in [7, 11) is 1.76. The van der Waals surface area contributed by atoms with E-state index in [-0.39, 0.29) is 11.3 Å². The Labute approximate surface area is 112 Å². The molecule has 0 aromatic carbocycles. The molecule has 4 nitrogen and oxygen atoms in total. The van der Waals surface area contributed by atoms with Gasteiger partial charge in [0.25, 0.3) is 0 Å². The number of nitrogens with one attached hydrogen (secondary N) is 1. The van der Waals surface area contributed by atoms with Gasteiger partial charge in [-0.2, -0.15) is 0 Å². The van der Waals surface area contributed by atoms with Crippen LogP contribution in [0.15, 0.2) is 11.4 Å². The molecule has 100 valence electrons. The molecule has 5 heteroatoms. The molecule has 2 rings (SSSR count). The third-order valence-corrected chi connectivity index (χ3v) is 4.86. The summed E-state index contributed by atoms with van der Waals surface area (Å²) in [6.45, 7) is 5.21. The standard InChI is InChI=1S/C13H20N2O2S/c1-13(2)10(5-11(13)17-3)15-6-9-4-8(7-18-9)12(14)16/h4,7,10-11,15H,5-6H2,1-3H3,(H2,14,16). The van der Waals surface area contributed by atoms with Gasteiger partial charge in [-0.25, -0.2) is 0 Å². The van der Waals surface area contributed by atoms with Crippen LogP contribution in [-0.2, 0) is 11.3 Å². The molecule has 1 fully saturated rings. The van der Waals surface area contributed by atoms with Crippen LogP contribution in [0.25, 0.3) is 0 Å². The van der Waals surface area contributed by atoms with Gasteiger partial charge in [0.15, 0.2) is 0 Å². The first-order valence-electron chi connectivity index (χ1n) is 6.08. The topological polar surface area (TPSA) is 64.3 Å². The molecule has 3 N–H and O–H groups in total. The minimum atomic E-state index is -0.360. The quantitative estimate of drug-likeness (QED) is 0.855. The molecule has 2 atom stereocenters. The highest BCUT2D eigenvalue weighted by Gasteiger charge is 2.48. The second-order valence-corrected chi connectivity index (χ2v) is 6.38. The van der Waals surface area contributed by atoms with Crippen molar-refractivity contribution in [2.75, 3.05) is 7.11 Å². The van der Waals surface area contributed by atoms with Gasteiger partial charge in [0, 0.05) is 35.4 Å². The lowest BCUT2D eigenvalue weighted by Gasteiger charge is -2.51. The van der Waals surface area contributed by atoms with Crippen LogP contribution in [0, 0.1) is 5.41 Å². The lowest BCUT2D eigenvalue weighted by atomic mass is 9.64. The SMILES string of the molecule is COC1CC(NCc2cc(C(N)=O)cs2)C1(C)C. The van der Waals surface area contributed by atoms with Crippen molar-refractivity contribution in [3.05, 3.63) is 21.9 Å². The number of thiophene rings is 1. The zero-order valence-electron chi connectivity index (χ0n) is 11.0. The lowest BCUT2D eigenvalue weighted by Crippen LogP contribution is -2.60. The fourth-order valence-electron chi connectivity index (χ4n) is 2.46. The van der Waals surface area contributed by atoms with Crippen LogP contribution in [0.1, 0.15) is 35.5 Å². The van der Waals surface area contributed by atoms with E-state index in [2.05, 4.69) is 19.2 Å². The monoisotopic (exact) mass is 268 g/mol. The van der Waals surface area contributed by atoms with Gasteiger partial charge in [-0.15, -0.1) is 11.3 Å². The number of carbonyl (C=O) groups excluding carboxylic acids is 1. The van der Waals surface area contributed by atoms with Crippen LogP contribution in [0.4, 0.5) is 0 Å². The number of hydrogen-bond donors (Lipinski definition) is 2. The van der Waals surface area contributed by atoms with Crippen LogP contribution in [0.3, 0.4) is 0 Å². The van der Waals surface area contributed by atoms with E-state index in [1.165, 1.54) is 0 Å². The highest BCUT2D eigenvalue weighted by molar-refractivity contribution is 7.10. The third kappa shape index (κ3) is 2.43. The molecule has 1 saturated carbocycles. The molecule has 0 spiro atoms. The molecule has 1 aromatic heterocycles. The van der Waals surface area contributed by atoms with Crippen molar-refractivity contribution >= 4 is 17.2 Å². The van der Waals surface area contributed by atoms with E-state index in [1.807, 2.05) is 11.4 Å². The molecule has 0 aliphatic heterocycles. The molecular formula is C13H20N2O2S. The number of rotatable bonds is 5. The maximum Gasteiger partial charge on any atom is 0.249 e. The molecule has 18 heavy (non-hydrogen) atoms. The Balaban J connectivity index is 1.87. The molecule has 1 aliphatic carbocycles. The third-order valence-electron chi connectivity index (χ3n) is 3.92. The van der Waals surface area contributed by atoms with Gasteiger partial charge < -0.3 is 15.8 Å². The summed E-state index contributed by atoms with van der Waals surface area (Å²) < 4.78 is 5.42. The molecular weight excluding hydrogens is 248 g/mol. The van der Waals surface area contributed by atoms with Crippen molar-refractivity contribution in [1.29, 1.82) is 0 Å². The summed E-state index contributed by atoms with van der Waals surface area (Å²) in [5.41, 5.74) is 5.99. The second-order valence-electron chi connectivity index (χ2n) is 5.38. The maximum atomic E-state index is 11.0. The van der Waals surface area contributed by atoms with Gasteiger partial charge in [-0.05, 0) is 12.5 Å². The molecule has 2 unspecified atom stereocenters. The Morgan fingerprint density at radius 1 is 1.67 bits per heavy atom. The van der Waals surface area contributed by atoms with Gasteiger partial charge in [0.2, 0.25) is 5.91 Å². The molecule has 1 amide bonds. The van der Waals surface area contributed by atoms with Crippen LogP contribution < -0.4 is 11.1 Å². The van der Waals surface area contributed by atoms with Crippen molar-refractivity contribution < 1.29 is 9.53 Å². The molecule has 0 saturated heterocycles. The lowest BCUT2D eigenvalue weighted by molar-refractivity contribution is -0.0978. The first kappa shape index (κ1) is 13.5. The maximum absolute atomic E-state index is 11.0. The van der Waals surface area contributed by atoms with Crippen molar-refractivity contribution in [3.63, 3.8) is 0 Å². The number of hydrogen-bond acceptors (Lipinski definition) is 4. The van der Waals surface area contributed by atoms with E-state index in [1.54, 1.807) is 18.4 Å². The summed E-state index contributed by atoms with van der Waals surface area (Å²) in [5, 5.41) is 5.33. The fourth-order valence-corrected chi connectivity index (χ4v) is 3.28. The zero-order valence-corrected chi connectivity index (χ0v) is 11.8. The van der Waals surface area contributed by atoms with Gasteiger partial charge in [-0.3, -0.25) is 4.79 Å². The van der Waals surface area contributed by atoms with Gasteiger partial charge in [0.1, 0.15) is 0 Å². The van der Waals surface area contributed by atoms with E-state index in [0.717, 1.165) is 17.8 Å². The molecule has 0 radical (unpaired) electrons. The van der Waals surface area contributed by atoms with Gasteiger partial charge in [0.05, 0.1) is 11.7 Å². The summed E-state index contributed by atoms with van der Waals surface area (Å²) in [6, 6.07) is 2.32. The van der Waals surface area contributed by atoms with Crippen molar-refractivity contribution in [3.8, 4) is 0 Å². The Hall–Kier alpha value is -0.910. The Morgan fingerprint density at radius 3 is 2.89 bits per heavy atom. The van der Waals surface area contributed by atoms with Crippen LogP contribution in [-0.4, -0.2) is 25.2 Å². The zero-order chi connectivity index (χ0) is 13.3. The van der Waals surface area contributed by atoms with Crippen LogP contribution >= 0.6 is 11.3 Å². The second kappa shape index (κ2) is 4.99. The highest BCUT2D eigenvalue weighted by atomic mass is 32.1. The normalized spacial score (nSPS) is 25.7. The summed E-state index contributed by atoms with van der Waals surface area (Å²) in [4.78, 5) is 12.1. The largest absolute Gasteiger partial charge is 0.381 e. The number of carbonyl (C=O) groups is 1. The van der Waals surface area contributed by atoms with Crippen LogP contribution in [0.5, 0.6) is 0 Å². The average molecular weight is 268 g/mol. The first-order chi connectivity index (χ1) is 8.45. The molecule has 1 aromatic rings. The van der Waals surface area contributed by atoms with E-state index >= 15 is 0 Å². The minimum absolute atomic E-state index is 0.165. The molecule has 1 aliphatic rings. The predicted molar refractivity (Wildman–Crippen MR) is 72.7 cm³/mol. The Bertz CT molecular complexity index is 442. The summed E-state index contributed by atoms with van der Waals surface area (Å²) >= 11 is 1.57. The average Bonchev–Trinajstić information content (AvgIpc) is 2.76. The van der Waals surface area contributed by atoms with E-state index in [4.69, 9.17) is 10.5 Å².